The molecule has 0 saturated carbocycles. The van der Waals surface area contributed by atoms with E-state index in [9.17, 15) is 4.39 Å². The van der Waals surface area contributed by atoms with Crippen molar-refractivity contribution < 1.29 is 14.3 Å². The summed E-state index contributed by atoms with van der Waals surface area (Å²) in [5, 5.41) is 11.3. The van der Waals surface area contributed by atoms with Crippen LogP contribution >= 0.6 is 27.5 Å². The van der Waals surface area contributed by atoms with Crippen LogP contribution in [0.4, 0.5) is 4.39 Å². The number of ether oxygens (including phenoxy) is 1. The van der Waals surface area contributed by atoms with Crippen LogP contribution < -0.4 is 10.5 Å². The van der Waals surface area contributed by atoms with Crippen molar-refractivity contribution >= 4 is 33.4 Å². The Kier molecular flexibility index (Phi) is 4.41. The predicted octanol–water partition coefficient (Wildman–Crippen LogP) is 3.52. The minimum Gasteiger partial charge on any atom is -0.454 e. The molecular weight excluding hydrogens is 353 g/mol. The predicted molar refractivity (Wildman–Crippen MR) is 75.9 cm³/mol. The van der Waals surface area contributed by atoms with Gasteiger partial charge in [-0.2, -0.15) is 0 Å². The molecule has 5 nitrogen and oxygen atoms in total. The van der Waals surface area contributed by atoms with Crippen molar-refractivity contribution in [3.63, 3.8) is 0 Å². The van der Waals surface area contributed by atoms with E-state index in [-0.39, 0.29) is 16.6 Å². The van der Waals surface area contributed by atoms with E-state index in [0.29, 0.717) is 15.9 Å². The van der Waals surface area contributed by atoms with Crippen molar-refractivity contribution in [2.24, 2.45) is 10.9 Å². The summed E-state index contributed by atoms with van der Waals surface area (Å²) >= 11 is 8.86. The second-order valence-corrected chi connectivity index (χ2v) is 4.92. The number of aromatic nitrogens is 1. The van der Waals surface area contributed by atoms with Crippen molar-refractivity contribution in [2.45, 2.75) is 0 Å². The van der Waals surface area contributed by atoms with E-state index < -0.39 is 5.82 Å². The molecule has 3 N–H and O–H groups in total. The van der Waals surface area contributed by atoms with E-state index in [0.717, 1.165) is 6.07 Å². The Labute approximate surface area is 127 Å². The maximum absolute atomic E-state index is 13.4. The Hall–Kier alpha value is -1.86. The number of hydrogen-bond donors (Lipinski definition) is 2. The van der Waals surface area contributed by atoms with Gasteiger partial charge in [-0.3, -0.25) is 0 Å². The lowest BCUT2D eigenvalue weighted by atomic mass is 10.3. The van der Waals surface area contributed by atoms with Gasteiger partial charge in [-0.05, 0) is 34.1 Å². The number of rotatable bonds is 3. The molecule has 8 heteroatoms. The lowest BCUT2D eigenvalue weighted by Crippen LogP contribution is -2.14. The Morgan fingerprint density at radius 3 is 2.80 bits per heavy atom. The number of hydrogen-bond acceptors (Lipinski definition) is 4. The summed E-state index contributed by atoms with van der Waals surface area (Å²) in [6.07, 6.45) is 1.37. The minimum absolute atomic E-state index is 0.00960. The van der Waals surface area contributed by atoms with Crippen LogP contribution in [0.2, 0.25) is 5.02 Å². The van der Waals surface area contributed by atoms with E-state index in [1.54, 1.807) is 6.07 Å². The summed E-state index contributed by atoms with van der Waals surface area (Å²) in [6.45, 7) is 0. The van der Waals surface area contributed by atoms with Crippen LogP contribution in [-0.2, 0) is 0 Å². The normalized spacial score (nSPS) is 11.4. The van der Waals surface area contributed by atoms with Gasteiger partial charge in [0, 0.05) is 6.07 Å². The molecule has 104 valence electrons. The van der Waals surface area contributed by atoms with Gasteiger partial charge in [-0.1, -0.05) is 16.8 Å². The topological polar surface area (TPSA) is 80.7 Å². The number of oxime groups is 1. The quantitative estimate of drug-likeness (QED) is 0.288. The first-order valence-electron chi connectivity index (χ1n) is 5.27. The van der Waals surface area contributed by atoms with E-state index in [1.807, 2.05) is 0 Å². The molecule has 0 aliphatic heterocycles. The molecular formula is C12H8BrClFN3O2. The molecule has 2 aromatic rings. The zero-order valence-corrected chi connectivity index (χ0v) is 12.2. The molecule has 0 bridgehead atoms. The van der Waals surface area contributed by atoms with Gasteiger partial charge in [0.25, 0.3) is 0 Å². The van der Waals surface area contributed by atoms with Gasteiger partial charge >= 0.3 is 0 Å². The summed E-state index contributed by atoms with van der Waals surface area (Å²) in [5.41, 5.74) is 5.68. The average molecular weight is 361 g/mol. The number of amidine groups is 1. The molecule has 0 fully saturated rings. The number of halogens is 3. The van der Waals surface area contributed by atoms with Crippen molar-refractivity contribution in [1.82, 2.24) is 4.98 Å². The molecule has 0 aliphatic carbocycles. The maximum Gasteiger partial charge on any atom is 0.188 e. The van der Waals surface area contributed by atoms with Crippen LogP contribution in [-0.4, -0.2) is 16.0 Å². The highest BCUT2D eigenvalue weighted by Gasteiger charge is 2.09. The Morgan fingerprint density at radius 1 is 1.45 bits per heavy atom. The Balaban J connectivity index is 2.24. The highest BCUT2D eigenvalue weighted by molar-refractivity contribution is 9.10. The van der Waals surface area contributed by atoms with Gasteiger partial charge in [0.15, 0.2) is 5.84 Å². The second kappa shape index (κ2) is 6.06. The molecule has 20 heavy (non-hydrogen) atoms. The maximum atomic E-state index is 13.4. The van der Waals surface area contributed by atoms with Crippen LogP contribution in [0.15, 0.2) is 40.1 Å². The van der Waals surface area contributed by atoms with Crippen molar-refractivity contribution in [3.8, 4) is 11.5 Å². The number of benzene rings is 1. The summed E-state index contributed by atoms with van der Waals surface area (Å²) in [4.78, 5) is 3.94. The summed E-state index contributed by atoms with van der Waals surface area (Å²) in [5.74, 6) is -0.0893. The fourth-order valence-electron chi connectivity index (χ4n) is 1.35. The van der Waals surface area contributed by atoms with Crippen LogP contribution in [0.1, 0.15) is 5.69 Å². The standard InChI is InChI=1S/C12H8BrClFN3O2/c13-7-3-8(14)9(15)4-11(7)20-6-1-2-10(17-5-6)12(16)18-19/h1-5,19H,(H2,16,18). The monoisotopic (exact) mass is 359 g/mol. The fourth-order valence-corrected chi connectivity index (χ4v) is 2.07. The highest BCUT2D eigenvalue weighted by Crippen LogP contribution is 2.33. The first kappa shape index (κ1) is 14.5. The molecule has 1 aromatic heterocycles. The van der Waals surface area contributed by atoms with Crippen molar-refractivity contribution in [1.29, 1.82) is 0 Å². The number of nitrogens with two attached hydrogens (primary N) is 1. The SMILES string of the molecule is N/C(=N/O)c1ccc(Oc2cc(F)c(Cl)cc2Br)cn1. The van der Waals surface area contributed by atoms with E-state index >= 15 is 0 Å². The van der Waals surface area contributed by atoms with Gasteiger partial charge < -0.3 is 15.7 Å². The van der Waals surface area contributed by atoms with Crippen LogP contribution in [0, 0.1) is 5.82 Å². The average Bonchev–Trinajstić information content (AvgIpc) is 2.44. The molecule has 0 saturated heterocycles. The third-order valence-electron chi connectivity index (χ3n) is 2.31. The molecule has 0 atom stereocenters. The first-order valence-corrected chi connectivity index (χ1v) is 6.44. The third kappa shape index (κ3) is 3.17. The van der Waals surface area contributed by atoms with Crippen molar-refractivity contribution in [2.75, 3.05) is 0 Å². The second-order valence-electron chi connectivity index (χ2n) is 3.66. The molecule has 0 radical (unpaired) electrons. The van der Waals surface area contributed by atoms with E-state index in [2.05, 4.69) is 26.1 Å². The van der Waals surface area contributed by atoms with Gasteiger partial charge in [-0.25, -0.2) is 9.37 Å². The van der Waals surface area contributed by atoms with Crippen LogP contribution in [0.5, 0.6) is 11.5 Å². The summed E-state index contributed by atoms with van der Waals surface area (Å²) < 4.78 is 19.3. The largest absolute Gasteiger partial charge is 0.454 e. The van der Waals surface area contributed by atoms with Gasteiger partial charge in [0.2, 0.25) is 0 Å². The molecule has 1 aromatic carbocycles. The molecule has 0 unspecified atom stereocenters. The van der Waals surface area contributed by atoms with E-state index in [4.69, 9.17) is 27.3 Å². The van der Waals surface area contributed by atoms with Crippen LogP contribution in [0.25, 0.3) is 0 Å². The zero-order valence-electron chi connectivity index (χ0n) is 9.85. The molecule has 0 spiro atoms. The Bertz CT molecular complexity index is 664. The fraction of sp³-hybridized carbons (Fsp3) is 0. The highest BCUT2D eigenvalue weighted by atomic mass is 79.9. The zero-order chi connectivity index (χ0) is 14.7. The van der Waals surface area contributed by atoms with E-state index in [1.165, 1.54) is 18.3 Å². The van der Waals surface area contributed by atoms with Gasteiger partial charge in [0.05, 0.1) is 15.7 Å². The lowest BCUT2D eigenvalue weighted by Gasteiger charge is -2.08. The third-order valence-corrected chi connectivity index (χ3v) is 3.22. The molecule has 2 rings (SSSR count). The summed E-state index contributed by atoms with van der Waals surface area (Å²) in [6, 6.07) is 5.61. The first-order chi connectivity index (χ1) is 9.51. The summed E-state index contributed by atoms with van der Waals surface area (Å²) in [7, 11) is 0. The lowest BCUT2D eigenvalue weighted by molar-refractivity contribution is 0.318. The molecule has 0 amide bonds. The van der Waals surface area contributed by atoms with Gasteiger partial charge in [0.1, 0.15) is 23.0 Å². The Morgan fingerprint density at radius 2 is 2.20 bits per heavy atom. The minimum atomic E-state index is -0.592. The molecule has 1 heterocycles. The van der Waals surface area contributed by atoms with Crippen molar-refractivity contribution in [3.05, 3.63) is 51.5 Å². The van der Waals surface area contributed by atoms with Gasteiger partial charge in [-0.15, -0.1) is 0 Å². The number of pyridine rings is 1. The smallest absolute Gasteiger partial charge is 0.188 e. The molecule has 0 aliphatic rings. The number of nitrogens with zero attached hydrogens (tertiary/aromatic N) is 2. The van der Waals surface area contributed by atoms with Crippen LogP contribution in [0.3, 0.4) is 0 Å².